The number of rotatable bonds is 5. The molecule has 2 aliphatic carbocycles. The highest BCUT2D eigenvalue weighted by molar-refractivity contribution is 5.94. The normalized spacial score (nSPS) is 25.3. The number of H-pyrrole nitrogens is 1. The van der Waals surface area contributed by atoms with Crippen LogP contribution in [0.5, 0.6) is 0 Å². The van der Waals surface area contributed by atoms with E-state index in [1.54, 1.807) is 0 Å². The molecule has 10 heteroatoms. The Morgan fingerprint density at radius 1 is 1.08 bits per heavy atom. The molecule has 3 fully saturated rings. The molecular weight excluding hydrogens is 494 g/mol. The molecule has 1 saturated heterocycles. The van der Waals surface area contributed by atoms with Gasteiger partial charge in [0, 0.05) is 31.0 Å². The van der Waals surface area contributed by atoms with Gasteiger partial charge in [-0.3, -0.25) is 14.5 Å². The molecule has 0 unspecified atom stereocenters. The Bertz CT molecular complexity index is 1550. The zero-order valence-corrected chi connectivity index (χ0v) is 22.6. The van der Waals surface area contributed by atoms with Gasteiger partial charge >= 0.3 is 5.76 Å². The van der Waals surface area contributed by atoms with Crippen LogP contribution in [-0.2, 0) is 11.3 Å². The molecule has 2 saturated carbocycles. The SMILES string of the molecule is Cc1cncc(-c2nc(-c3noc(=O)[nH]3)cc3nc(N4CCO[C@@H]5CCC[C@H]54)n(CC4CCC(C)CC4)c23)c1. The molecule has 0 amide bonds. The summed E-state index contributed by atoms with van der Waals surface area (Å²) in [6.07, 6.45) is 12.3. The number of imidazole rings is 1. The van der Waals surface area contributed by atoms with Crippen LogP contribution in [0.2, 0.25) is 0 Å². The maximum absolute atomic E-state index is 11.8. The lowest BCUT2D eigenvalue weighted by atomic mass is 9.83. The Morgan fingerprint density at radius 3 is 2.74 bits per heavy atom. The fourth-order valence-corrected chi connectivity index (χ4v) is 6.83. The van der Waals surface area contributed by atoms with E-state index in [2.05, 4.69) is 37.6 Å². The number of aromatic nitrogens is 6. The van der Waals surface area contributed by atoms with Gasteiger partial charge in [0.1, 0.15) is 5.69 Å². The van der Waals surface area contributed by atoms with Crippen LogP contribution >= 0.6 is 0 Å². The predicted octanol–water partition coefficient (Wildman–Crippen LogP) is 4.73. The molecule has 1 aliphatic heterocycles. The van der Waals surface area contributed by atoms with Crippen molar-refractivity contribution in [1.29, 1.82) is 0 Å². The van der Waals surface area contributed by atoms with Gasteiger partial charge in [-0.05, 0) is 68.6 Å². The van der Waals surface area contributed by atoms with Gasteiger partial charge in [-0.25, -0.2) is 14.8 Å². The predicted molar refractivity (Wildman–Crippen MR) is 147 cm³/mol. The molecule has 5 heterocycles. The van der Waals surface area contributed by atoms with Crippen LogP contribution in [0.4, 0.5) is 5.95 Å². The summed E-state index contributed by atoms with van der Waals surface area (Å²) in [5, 5.41) is 3.93. The Kier molecular flexibility index (Phi) is 6.22. The fourth-order valence-electron chi connectivity index (χ4n) is 6.83. The second-order valence-electron chi connectivity index (χ2n) is 11.7. The molecule has 0 aromatic carbocycles. The summed E-state index contributed by atoms with van der Waals surface area (Å²) in [6.45, 7) is 6.84. The highest BCUT2D eigenvalue weighted by Gasteiger charge is 2.39. The summed E-state index contributed by atoms with van der Waals surface area (Å²) in [6, 6.07) is 4.36. The van der Waals surface area contributed by atoms with E-state index in [-0.39, 0.29) is 6.10 Å². The van der Waals surface area contributed by atoms with Crippen molar-refractivity contribution in [3.63, 3.8) is 0 Å². The van der Waals surface area contributed by atoms with Gasteiger partial charge in [0.05, 0.1) is 35.5 Å². The minimum Gasteiger partial charge on any atom is -0.374 e. The minimum absolute atomic E-state index is 0.261. The summed E-state index contributed by atoms with van der Waals surface area (Å²) >= 11 is 0. The second kappa shape index (κ2) is 9.89. The lowest BCUT2D eigenvalue weighted by molar-refractivity contribution is 0.0247. The van der Waals surface area contributed by atoms with Crippen LogP contribution in [0.25, 0.3) is 33.8 Å². The number of morpholine rings is 1. The average molecular weight is 530 g/mol. The molecule has 4 aromatic heterocycles. The van der Waals surface area contributed by atoms with Crippen molar-refractivity contribution < 1.29 is 9.26 Å². The Labute approximate surface area is 226 Å². The number of nitrogens with zero attached hydrogens (tertiary/aromatic N) is 6. The lowest BCUT2D eigenvalue weighted by Crippen LogP contribution is -2.49. The van der Waals surface area contributed by atoms with E-state index in [1.165, 1.54) is 32.1 Å². The first kappa shape index (κ1) is 24.5. The third kappa shape index (κ3) is 4.54. The number of anilines is 1. The van der Waals surface area contributed by atoms with Crippen molar-refractivity contribution in [2.24, 2.45) is 11.8 Å². The topological polar surface area (TPSA) is 115 Å². The third-order valence-electron chi connectivity index (χ3n) is 8.85. The van der Waals surface area contributed by atoms with E-state index >= 15 is 0 Å². The van der Waals surface area contributed by atoms with Crippen molar-refractivity contribution >= 4 is 17.0 Å². The number of aromatic amines is 1. The standard InChI is InChI=1S/C29H35N7O3/c1-17-6-8-19(9-7-17)16-36-26-21(32-28(36)35-10-11-38-24-5-3-4-23(24)35)13-22(27-33-29(37)39-34-27)31-25(26)20-12-18(2)14-30-15-20/h12-15,17,19,23-24H,3-11,16H2,1-2H3,(H,33,34,37)/t17?,19?,23-,24-/m1/s1. The van der Waals surface area contributed by atoms with Crippen molar-refractivity contribution in [3.05, 3.63) is 40.6 Å². The van der Waals surface area contributed by atoms with Crippen molar-refractivity contribution in [2.75, 3.05) is 18.1 Å². The maximum Gasteiger partial charge on any atom is 0.439 e. The highest BCUT2D eigenvalue weighted by Crippen LogP contribution is 2.39. The number of aryl methyl sites for hydroxylation is 1. The first-order valence-corrected chi connectivity index (χ1v) is 14.3. The quantitative estimate of drug-likeness (QED) is 0.395. The van der Waals surface area contributed by atoms with Crippen LogP contribution in [0, 0.1) is 18.8 Å². The fraction of sp³-hybridized carbons (Fsp3) is 0.552. The largest absolute Gasteiger partial charge is 0.439 e. The molecular formula is C29H35N7O3. The van der Waals surface area contributed by atoms with E-state index in [0.717, 1.165) is 65.7 Å². The minimum atomic E-state index is -0.607. The van der Waals surface area contributed by atoms with Gasteiger partial charge in [0.2, 0.25) is 11.8 Å². The van der Waals surface area contributed by atoms with Crippen LogP contribution in [-0.4, -0.2) is 55.0 Å². The van der Waals surface area contributed by atoms with Crippen LogP contribution in [0.3, 0.4) is 0 Å². The van der Waals surface area contributed by atoms with Gasteiger partial charge < -0.3 is 14.2 Å². The van der Waals surface area contributed by atoms with E-state index in [1.807, 2.05) is 25.4 Å². The third-order valence-corrected chi connectivity index (χ3v) is 8.85. The molecule has 10 nitrogen and oxygen atoms in total. The number of pyridine rings is 2. The Balaban J connectivity index is 1.44. The lowest BCUT2D eigenvalue weighted by Gasteiger charge is -2.39. The first-order chi connectivity index (χ1) is 19.0. The van der Waals surface area contributed by atoms with Gasteiger partial charge in [0.25, 0.3) is 0 Å². The molecule has 0 spiro atoms. The molecule has 4 aromatic rings. The average Bonchev–Trinajstić information content (AvgIpc) is 3.68. The van der Waals surface area contributed by atoms with E-state index in [9.17, 15) is 4.79 Å². The zero-order chi connectivity index (χ0) is 26.5. The molecule has 1 N–H and O–H groups in total. The molecule has 0 radical (unpaired) electrons. The van der Waals surface area contributed by atoms with Crippen molar-refractivity contribution in [3.8, 4) is 22.8 Å². The molecule has 0 bridgehead atoms. The Hall–Kier alpha value is -3.53. The summed E-state index contributed by atoms with van der Waals surface area (Å²) < 4.78 is 13.4. The second-order valence-corrected chi connectivity index (χ2v) is 11.7. The molecule has 7 rings (SSSR count). The van der Waals surface area contributed by atoms with E-state index in [4.69, 9.17) is 19.2 Å². The van der Waals surface area contributed by atoms with E-state index < -0.39 is 5.76 Å². The monoisotopic (exact) mass is 529 g/mol. The number of fused-ring (bicyclic) bond motifs is 2. The van der Waals surface area contributed by atoms with Crippen LogP contribution in [0.1, 0.15) is 57.4 Å². The van der Waals surface area contributed by atoms with E-state index in [0.29, 0.717) is 30.1 Å². The number of hydrogen-bond donors (Lipinski definition) is 1. The molecule has 2 atom stereocenters. The number of hydrogen-bond acceptors (Lipinski definition) is 8. The van der Waals surface area contributed by atoms with Crippen LogP contribution < -0.4 is 10.7 Å². The van der Waals surface area contributed by atoms with Gasteiger partial charge in [-0.2, -0.15) is 0 Å². The van der Waals surface area contributed by atoms with Crippen molar-refractivity contribution in [2.45, 2.75) is 77.5 Å². The summed E-state index contributed by atoms with van der Waals surface area (Å²) in [5.41, 5.74) is 5.12. The van der Waals surface area contributed by atoms with Gasteiger partial charge in [0.15, 0.2) is 0 Å². The smallest absolute Gasteiger partial charge is 0.374 e. The number of ether oxygens (including phenoxy) is 1. The maximum atomic E-state index is 11.8. The highest BCUT2D eigenvalue weighted by atomic mass is 16.5. The summed E-state index contributed by atoms with van der Waals surface area (Å²) in [5.74, 6) is 2.07. The first-order valence-electron chi connectivity index (χ1n) is 14.3. The summed E-state index contributed by atoms with van der Waals surface area (Å²) in [7, 11) is 0. The zero-order valence-electron chi connectivity index (χ0n) is 22.6. The molecule has 39 heavy (non-hydrogen) atoms. The van der Waals surface area contributed by atoms with Crippen molar-refractivity contribution in [1.82, 2.24) is 29.7 Å². The molecule has 204 valence electrons. The van der Waals surface area contributed by atoms with Crippen LogP contribution in [0.15, 0.2) is 33.8 Å². The van der Waals surface area contributed by atoms with Gasteiger partial charge in [-0.15, -0.1) is 0 Å². The Morgan fingerprint density at radius 2 is 1.95 bits per heavy atom. The molecule has 3 aliphatic rings. The van der Waals surface area contributed by atoms with Gasteiger partial charge in [-0.1, -0.05) is 24.9 Å². The number of nitrogens with one attached hydrogen (secondary N) is 1. The summed E-state index contributed by atoms with van der Waals surface area (Å²) in [4.78, 5) is 31.8.